The first-order valence-electron chi connectivity index (χ1n) is 4.07. The maximum absolute atomic E-state index is 12.5. The zero-order chi connectivity index (χ0) is 8.39. The molecule has 0 bridgehead atoms. The second-order valence-corrected chi connectivity index (χ2v) is 3.01. The van der Waals surface area contributed by atoms with Crippen molar-refractivity contribution in [1.29, 1.82) is 0 Å². The van der Waals surface area contributed by atoms with Gasteiger partial charge in [0.25, 0.3) is 0 Å². The van der Waals surface area contributed by atoms with E-state index in [9.17, 15) is 4.39 Å². The molecule has 5 heteroatoms. The van der Waals surface area contributed by atoms with Gasteiger partial charge in [-0.05, 0) is 24.3 Å². The fourth-order valence-corrected chi connectivity index (χ4v) is 1.17. The van der Waals surface area contributed by atoms with E-state index in [0.717, 1.165) is 18.8 Å². The second-order valence-electron chi connectivity index (χ2n) is 3.01. The van der Waals surface area contributed by atoms with Crippen LogP contribution in [-0.2, 0) is 0 Å². The molecule has 2 nitrogen and oxygen atoms in total. The summed E-state index contributed by atoms with van der Waals surface area (Å²) in [6.07, 6.45) is 0. The summed E-state index contributed by atoms with van der Waals surface area (Å²) in [6, 6.07) is 6.96. The molecule has 0 atom stereocenters. The van der Waals surface area contributed by atoms with Gasteiger partial charge in [0.15, 0.2) is 0 Å². The van der Waals surface area contributed by atoms with Crippen molar-refractivity contribution in [2.24, 2.45) is 0 Å². The van der Waals surface area contributed by atoms with Crippen molar-refractivity contribution in [3.8, 4) is 0 Å². The topological polar surface area (TPSA) is 24.1 Å². The van der Waals surface area contributed by atoms with Crippen LogP contribution in [0.5, 0.6) is 0 Å². The molecule has 1 aromatic rings. The van der Waals surface area contributed by atoms with Crippen molar-refractivity contribution in [2.75, 3.05) is 18.4 Å². The summed E-state index contributed by atoms with van der Waals surface area (Å²) in [5.41, 5.74) is 0.989. The minimum Gasteiger partial charge on any atom is -0.380 e. The van der Waals surface area contributed by atoms with E-state index in [1.165, 1.54) is 12.1 Å². The molecule has 1 fully saturated rings. The fourth-order valence-electron chi connectivity index (χ4n) is 1.17. The normalized spacial score (nSPS) is 14.6. The predicted octanol–water partition coefficient (Wildman–Crippen LogP) is 2.05. The maximum atomic E-state index is 12.5. The van der Waals surface area contributed by atoms with E-state index < -0.39 is 0 Å². The molecule has 1 aliphatic rings. The highest BCUT2D eigenvalue weighted by Crippen LogP contribution is 2.10. The van der Waals surface area contributed by atoms with E-state index in [0.29, 0.717) is 6.04 Å². The first kappa shape index (κ1) is 13.5. The zero-order valence-corrected chi connectivity index (χ0v) is 9.13. The van der Waals surface area contributed by atoms with Crippen LogP contribution in [0.4, 0.5) is 10.1 Å². The first-order chi connectivity index (χ1) is 5.84. The summed E-state index contributed by atoms with van der Waals surface area (Å²) in [5.74, 6) is -0.188. The minimum absolute atomic E-state index is 0. The van der Waals surface area contributed by atoms with Gasteiger partial charge in [0.05, 0.1) is 6.04 Å². The molecule has 2 N–H and O–H groups in total. The van der Waals surface area contributed by atoms with Gasteiger partial charge in [-0.15, -0.1) is 24.8 Å². The van der Waals surface area contributed by atoms with E-state index in [1.807, 2.05) is 0 Å². The molecule has 14 heavy (non-hydrogen) atoms. The number of nitrogens with one attached hydrogen (secondary N) is 2. The molecular weight excluding hydrogens is 226 g/mol. The number of benzene rings is 1. The molecule has 0 aliphatic carbocycles. The van der Waals surface area contributed by atoms with Gasteiger partial charge >= 0.3 is 0 Å². The molecule has 1 heterocycles. The molecule has 1 aromatic carbocycles. The van der Waals surface area contributed by atoms with Gasteiger partial charge in [-0.2, -0.15) is 0 Å². The van der Waals surface area contributed by atoms with E-state index in [4.69, 9.17) is 0 Å². The highest BCUT2D eigenvalue weighted by molar-refractivity contribution is 5.85. The lowest BCUT2D eigenvalue weighted by Gasteiger charge is -2.28. The van der Waals surface area contributed by atoms with Gasteiger partial charge in [-0.1, -0.05) is 0 Å². The summed E-state index contributed by atoms with van der Waals surface area (Å²) < 4.78 is 12.5. The average molecular weight is 239 g/mol. The van der Waals surface area contributed by atoms with Gasteiger partial charge in [0, 0.05) is 18.8 Å². The molecule has 0 radical (unpaired) electrons. The number of rotatable bonds is 2. The molecule has 2 rings (SSSR count). The SMILES string of the molecule is Cl.Cl.Fc1ccc(NC2CNC2)cc1. The van der Waals surface area contributed by atoms with Crippen molar-refractivity contribution in [3.63, 3.8) is 0 Å². The predicted molar refractivity (Wildman–Crippen MR) is 61.2 cm³/mol. The highest BCUT2D eigenvalue weighted by Gasteiger charge is 2.15. The molecule has 0 amide bonds. The van der Waals surface area contributed by atoms with Crippen LogP contribution in [0.2, 0.25) is 0 Å². The molecular formula is C9H13Cl2FN2. The third-order valence-electron chi connectivity index (χ3n) is 2.00. The fraction of sp³-hybridized carbons (Fsp3) is 0.333. The Morgan fingerprint density at radius 3 is 2.14 bits per heavy atom. The highest BCUT2D eigenvalue weighted by atomic mass is 35.5. The third-order valence-corrected chi connectivity index (χ3v) is 2.00. The monoisotopic (exact) mass is 238 g/mol. The molecule has 0 saturated carbocycles. The van der Waals surface area contributed by atoms with Crippen LogP contribution in [0.25, 0.3) is 0 Å². The summed E-state index contributed by atoms with van der Waals surface area (Å²) >= 11 is 0. The van der Waals surface area contributed by atoms with Crippen LogP contribution in [0.3, 0.4) is 0 Å². The van der Waals surface area contributed by atoms with E-state index in [1.54, 1.807) is 12.1 Å². The smallest absolute Gasteiger partial charge is 0.123 e. The largest absolute Gasteiger partial charge is 0.380 e. The summed E-state index contributed by atoms with van der Waals surface area (Å²) in [4.78, 5) is 0. The van der Waals surface area contributed by atoms with E-state index in [-0.39, 0.29) is 30.6 Å². The molecule has 1 aliphatic heterocycles. The quantitative estimate of drug-likeness (QED) is 0.825. The Labute approximate surface area is 95.1 Å². The number of hydrogen-bond acceptors (Lipinski definition) is 2. The lowest BCUT2D eigenvalue weighted by atomic mass is 10.1. The minimum atomic E-state index is -0.188. The second kappa shape index (κ2) is 6.06. The van der Waals surface area contributed by atoms with Crippen molar-refractivity contribution >= 4 is 30.5 Å². The molecule has 0 unspecified atom stereocenters. The van der Waals surface area contributed by atoms with Crippen LogP contribution in [-0.4, -0.2) is 19.1 Å². The van der Waals surface area contributed by atoms with Crippen molar-refractivity contribution in [3.05, 3.63) is 30.1 Å². The molecule has 0 aromatic heterocycles. The van der Waals surface area contributed by atoms with E-state index >= 15 is 0 Å². The van der Waals surface area contributed by atoms with Gasteiger partial charge in [0.2, 0.25) is 0 Å². The molecule has 0 spiro atoms. The zero-order valence-electron chi connectivity index (χ0n) is 7.50. The van der Waals surface area contributed by atoms with Gasteiger partial charge < -0.3 is 10.6 Å². The first-order valence-corrected chi connectivity index (χ1v) is 4.07. The Kier molecular flexibility index (Phi) is 5.84. The van der Waals surface area contributed by atoms with Gasteiger partial charge in [-0.3, -0.25) is 0 Å². The van der Waals surface area contributed by atoms with Crippen LogP contribution >= 0.6 is 24.8 Å². The van der Waals surface area contributed by atoms with Crippen LogP contribution in [0.1, 0.15) is 0 Å². The van der Waals surface area contributed by atoms with Crippen LogP contribution in [0, 0.1) is 5.82 Å². The van der Waals surface area contributed by atoms with Crippen molar-refractivity contribution < 1.29 is 4.39 Å². The Balaban J connectivity index is 0.000000845. The van der Waals surface area contributed by atoms with Gasteiger partial charge in [-0.25, -0.2) is 4.39 Å². The van der Waals surface area contributed by atoms with Crippen molar-refractivity contribution in [1.82, 2.24) is 5.32 Å². The summed E-state index contributed by atoms with van der Waals surface area (Å²) in [5, 5.41) is 6.43. The Hall–Kier alpha value is -0.510. The number of anilines is 1. The third kappa shape index (κ3) is 3.33. The average Bonchev–Trinajstić information content (AvgIpc) is 2.00. The standard InChI is InChI=1S/C9H11FN2.2ClH/c10-7-1-3-8(4-2-7)12-9-5-11-6-9;;/h1-4,9,11-12H,5-6H2;2*1H. The van der Waals surface area contributed by atoms with Gasteiger partial charge in [0.1, 0.15) is 5.82 Å². The Morgan fingerprint density at radius 1 is 1.14 bits per heavy atom. The summed E-state index contributed by atoms with van der Waals surface area (Å²) in [6.45, 7) is 1.99. The Morgan fingerprint density at radius 2 is 1.71 bits per heavy atom. The number of hydrogen-bond donors (Lipinski definition) is 2. The van der Waals surface area contributed by atoms with Crippen LogP contribution < -0.4 is 10.6 Å². The molecule has 80 valence electrons. The lowest BCUT2D eigenvalue weighted by Crippen LogP contribution is -2.51. The van der Waals surface area contributed by atoms with E-state index in [2.05, 4.69) is 10.6 Å². The Bertz CT molecular complexity index is 262. The van der Waals surface area contributed by atoms with Crippen molar-refractivity contribution in [2.45, 2.75) is 6.04 Å². The molecule has 1 saturated heterocycles. The van der Waals surface area contributed by atoms with Crippen LogP contribution in [0.15, 0.2) is 24.3 Å². The number of halogens is 3. The maximum Gasteiger partial charge on any atom is 0.123 e. The summed E-state index contributed by atoms with van der Waals surface area (Å²) in [7, 11) is 0. The lowest BCUT2D eigenvalue weighted by molar-refractivity contribution is 0.472.